The Kier molecular flexibility index (Phi) is 13.1. The summed E-state index contributed by atoms with van der Waals surface area (Å²) in [6.45, 7) is 13.5. The second-order valence-corrected chi connectivity index (χ2v) is 7.12. The van der Waals surface area contributed by atoms with Gasteiger partial charge in [0, 0.05) is 13.1 Å². The molecule has 0 radical (unpaired) electrons. The van der Waals surface area contributed by atoms with Gasteiger partial charge in [0.2, 0.25) is 5.91 Å². The molecule has 1 aromatic carbocycles. The highest BCUT2D eigenvalue weighted by molar-refractivity contribution is 5.81. The van der Waals surface area contributed by atoms with Crippen LogP contribution in [-0.4, -0.2) is 45.5 Å². The number of allylic oxidation sites excluding steroid dienone is 5. The Bertz CT molecular complexity index is 916. The summed E-state index contributed by atoms with van der Waals surface area (Å²) < 4.78 is 18.6. The molecule has 1 aromatic heterocycles. The van der Waals surface area contributed by atoms with Crippen molar-refractivity contribution in [1.29, 1.82) is 0 Å². The molecule has 2 aromatic rings. The summed E-state index contributed by atoms with van der Waals surface area (Å²) in [5.74, 6) is 0.363. The molecule has 0 N–H and O–H groups in total. The third-order valence-corrected chi connectivity index (χ3v) is 4.75. The first-order valence-corrected chi connectivity index (χ1v) is 11.5. The van der Waals surface area contributed by atoms with E-state index in [4.69, 9.17) is 4.74 Å². The summed E-state index contributed by atoms with van der Waals surface area (Å²) in [5, 5.41) is 8.39. The largest absolute Gasteiger partial charge is 0.494 e. The lowest BCUT2D eigenvalue weighted by atomic mass is 10.1. The van der Waals surface area contributed by atoms with E-state index in [0.29, 0.717) is 31.9 Å². The number of halogens is 1. The van der Waals surface area contributed by atoms with Gasteiger partial charge in [0.15, 0.2) is 0 Å². The number of nitrogens with zero attached hydrogens (tertiary/aromatic N) is 4. The predicted octanol–water partition coefficient (Wildman–Crippen LogP) is 5.90. The van der Waals surface area contributed by atoms with E-state index in [9.17, 15) is 9.18 Å². The fourth-order valence-corrected chi connectivity index (χ4v) is 3.10. The molecule has 0 saturated heterocycles. The zero-order chi connectivity index (χ0) is 24.6. The molecule has 1 amide bonds. The fourth-order valence-electron chi connectivity index (χ4n) is 3.10. The average molecular weight is 457 g/mol. The van der Waals surface area contributed by atoms with E-state index < -0.39 is 0 Å². The second kappa shape index (κ2) is 15.6. The third kappa shape index (κ3) is 9.85. The van der Waals surface area contributed by atoms with E-state index in [1.165, 1.54) is 16.9 Å². The van der Waals surface area contributed by atoms with E-state index in [1.807, 2.05) is 64.7 Å². The highest BCUT2D eigenvalue weighted by Crippen LogP contribution is 2.18. The van der Waals surface area contributed by atoms with Crippen LogP contribution < -0.4 is 4.74 Å². The van der Waals surface area contributed by atoms with E-state index in [2.05, 4.69) is 10.2 Å². The van der Waals surface area contributed by atoms with E-state index in [1.54, 1.807) is 24.5 Å². The van der Waals surface area contributed by atoms with Crippen LogP contribution in [0.15, 0.2) is 66.0 Å². The molecule has 0 aliphatic heterocycles. The van der Waals surface area contributed by atoms with Crippen molar-refractivity contribution in [1.82, 2.24) is 19.9 Å². The molecule has 0 fully saturated rings. The van der Waals surface area contributed by atoms with Gasteiger partial charge in [-0.25, -0.2) is 4.39 Å². The van der Waals surface area contributed by atoms with Gasteiger partial charge in [-0.1, -0.05) is 37.6 Å². The number of amides is 1. The lowest BCUT2D eigenvalue weighted by Gasteiger charge is -2.22. The van der Waals surface area contributed by atoms with E-state index >= 15 is 0 Å². The highest BCUT2D eigenvalue weighted by Gasteiger charge is 2.15. The van der Waals surface area contributed by atoms with Crippen LogP contribution in [0.1, 0.15) is 54.4 Å². The molecular weight excluding hydrogens is 419 g/mol. The molecule has 0 spiro atoms. The number of ether oxygens (including phenoxy) is 1. The molecule has 0 saturated carbocycles. The van der Waals surface area contributed by atoms with Crippen molar-refractivity contribution in [3.8, 4) is 5.75 Å². The number of carbonyl (C=O) groups excluding carboxylic acids is 1. The first kappa shape index (κ1) is 27.8. The quantitative estimate of drug-likeness (QED) is 0.312. The molecule has 0 bridgehead atoms. The molecule has 0 aliphatic carbocycles. The Hall–Kier alpha value is -3.22. The van der Waals surface area contributed by atoms with Crippen LogP contribution in [0.4, 0.5) is 4.39 Å². The van der Waals surface area contributed by atoms with Gasteiger partial charge in [-0.15, -0.1) is 0 Å². The fraction of sp³-hybridized carbons (Fsp3) is 0.423. The highest BCUT2D eigenvalue weighted by atomic mass is 19.1. The normalized spacial score (nSPS) is 12.2. The van der Waals surface area contributed by atoms with Gasteiger partial charge in [-0.05, 0) is 64.0 Å². The Balaban J connectivity index is 0.00000265. The van der Waals surface area contributed by atoms with Crippen molar-refractivity contribution in [3.05, 3.63) is 71.9 Å². The molecule has 7 heteroatoms. The number of carbonyl (C=O) groups is 1. The lowest BCUT2D eigenvalue weighted by Crippen LogP contribution is -2.32. The van der Waals surface area contributed by atoms with Crippen molar-refractivity contribution in [3.63, 3.8) is 0 Å². The Morgan fingerprint density at radius 1 is 1.15 bits per heavy atom. The molecule has 0 aliphatic rings. The zero-order valence-corrected chi connectivity index (χ0v) is 20.7. The molecule has 2 rings (SSSR count). The number of hydrogen-bond donors (Lipinski definition) is 0. The summed E-state index contributed by atoms with van der Waals surface area (Å²) in [7, 11) is 0. The van der Waals surface area contributed by atoms with Crippen LogP contribution in [0, 0.1) is 5.82 Å². The Labute approximate surface area is 197 Å². The van der Waals surface area contributed by atoms with Gasteiger partial charge >= 0.3 is 0 Å². The number of aromatic nitrogens is 3. The first-order chi connectivity index (χ1) is 15.9. The lowest BCUT2D eigenvalue weighted by molar-refractivity contribution is -0.130. The van der Waals surface area contributed by atoms with Gasteiger partial charge < -0.3 is 9.64 Å². The minimum atomic E-state index is -0.293. The van der Waals surface area contributed by atoms with Gasteiger partial charge in [-0.2, -0.15) is 15.0 Å². The first-order valence-electron chi connectivity index (χ1n) is 11.5. The third-order valence-electron chi connectivity index (χ3n) is 4.75. The molecule has 33 heavy (non-hydrogen) atoms. The van der Waals surface area contributed by atoms with Gasteiger partial charge in [0.05, 0.1) is 31.1 Å². The van der Waals surface area contributed by atoms with E-state index in [0.717, 1.165) is 16.8 Å². The zero-order valence-electron chi connectivity index (χ0n) is 20.7. The van der Waals surface area contributed by atoms with Crippen LogP contribution in [0.25, 0.3) is 5.70 Å². The van der Waals surface area contributed by atoms with Gasteiger partial charge in [0.25, 0.3) is 0 Å². The smallest absolute Gasteiger partial charge is 0.227 e. The Morgan fingerprint density at radius 3 is 2.36 bits per heavy atom. The van der Waals surface area contributed by atoms with E-state index in [-0.39, 0.29) is 18.1 Å². The van der Waals surface area contributed by atoms with Crippen LogP contribution >= 0.6 is 0 Å². The van der Waals surface area contributed by atoms with Crippen molar-refractivity contribution in [2.75, 3.05) is 19.7 Å². The standard InChI is InChI=1S/C24H31FN4O2.C2H6/c1-5-8-19(3)17-21(20(4)29-26-13-14-27-29)18-24(30)28(6-2)15-7-16-31-23-11-9-22(25)10-12-23;1-2/h5,8-14,17H,6-7,15-16,18H2,1-4H3;1-2H3/b8-5-,19-17-,21-20-;. The number of hydrogen-bond acceptors (Lipinski definition) is 4. The molecule has 6 nitrogen and oxygen atoms in total. The predicted molar refractivity (Wildman–Crippen MR) is 132 cm³/mol. The number of rotatable bonds is 11. The van der Waals surface area contributed by atoms with Gasteiger partial charge in [0.1, 0.15) is 11.6 Å². The monoisotopic (exact) mass is 456 g/mol. The van der Waals surface area contributed by atoms with Crippen LogP contribution in [0.2, 0.25) is 0 Å². The minimum absolute atomic E-state index is 0.0373. The summed E-state index contributed by atoms with van der Waals surface area (Å²) in [6, 6.07) is 5.93. The average Bonchev–Trinajstić information content (AvgIpc) is 3.36. The van der Waals surface area contributed by atoms with Gasteiger partial charge in [-0.3, -0.25) is 4.79 Å². The maximum atomic E-state index is 13.0. The summed E-state index contributed by atoms with van der Waals surface area (Å²) >= 11 is 0. The SMILES string of the molecule is CC.C\C=C/C(C)=C\C(CC(=O)N(CC)CCCOc1ccc(F)cc1)=C(/C)n1nccn1. The van der Waals surface area contributed by atoms with Crippen molar-refractivity contribution in [2.24, 2.45) is 0 Å². The molecule has 0 atom stereocenters. The minimum Gasteiger partial charge on any atom is -0.494 e. The maximum Gasteiger partial charge on any atom is 0.227 e. The summed E-state index contributed by atoms with van der Waals surface area (Å²) in [4.78, 5) is 16.4. The molecule has 1 heterocycles. The van der Waals surface area contributed by atoms with Crippen molar-refractivity contribution in [2.45, 2.75) is 54.4 Å². The maximum absolute atomic E-state index is 13.0. The molecular formula is C26H37FN4O2. The van der Waals surface area contributed by atoms with Crippen molar-refractivity contribution >= 4 is 11.6 Å². The number of benzene rings is 1. The van der Waals surface area contributed by atoms with Crippen LogP contribution in [0.5, 0.6) is 5.75 Å². The Morgan fingerprint density at radius 2 is 1.79 bits per heavy atom. The summed E-state index contributed by atoms with van der Waals surface area (Å²) in [6.07, 6.45) is 10.1. The summed E-state index contributed by atoms with van der Waals surface area (Å²) in [5.41, 5.74) is 2.74. The molecule has 180 valence electrons. The molecule has 0 unspecified atom stereocenters. The second-order valence-electron chi connectivity index (χ2n) is 7.12. The topological polar surface area (TPSA) is 60.2 Å². The van der Waals surface area contributed by atoms with Crippen LogP contribution in [-0.2, 0) is 4.79 Å². The van der Waals surface area contributed by atoms with Crippen molar-refractivity contribution < 1.29 is 13.9 Å². The van der Waals surface area contributed by atoms with Crippen LogP contribution in [0.3, 0.4) is 0 Å².